The predicted molar refractivity (Wildman–Crippen MR) is 103 cm³/mol. The van der Waals surface area contributed by atoms with Gasteiger partial charge >= 0.3 is 0 Å². The lowest BCUT2D eigenvalue weighted by Gasteiger charge is -2.45. The minimum absolute atomic E-state index is 0.0363. The summed E-state index contributed by atoms with van der Waals surface area (Å²) < 4.78 is 1.38. The first-order valence-corrected chi connectivity index (χ1v) is 9.65. The molecule has 0 aromatic carbocycles. The summed E-state index contributed by atoms with van der Waals surface area (Å²) in [6, 6.07) is 2.33. The van der Waals surface area contributed by atoms with Crippen molar-refractivity contribution in [3.8, 4) is 0 Å². The van der Waals surface area contributed by atoms with Crippen LogP contribution in [-0.2, 0) is 7.05 Å². The van der Waals surface area contributed by atoms with Crippen LogP contribution in [0.25, 0.3) is 0 Å². The molecule has 140 valence electrons. The molecule has 5 heteroatoms. The highest BCUT2D eigenvalue weighted by Gasteiger charge is 2.38. The zero-order valence-electron chi connectivity index (χ0n) is 16.5. The highest BCUT2D eigenvalue weighted by atomic mass is 16.1. The minimum atomic E-state index is -0.0363. The highest BCUT2D eigenvalue weighted by molar-refractivity contribution is 5.44. The number of aromatic nitrogens is 2. The minimum Gasteiger partial charge on any atom is -0.370 e. The summed E-state index contributed by atoms with van der Waals surface area (Å²) >= 11 is 0. The first kappa shape index (κ1) is 18.4. The Morgan fingerprint density at radius 2 is 1.92 bits per heavy atom. The van der Waals surface area contributed by atoms with E-state index in [4.69, 9.17) is 0 Å². The topological polar surface area (TPSA) is 50.2 Å². The molecule has 3 rings (SSSR count). The van der Waals surface area contributed by atoms with E-state index in [1.165, 1.54) is 30.4 Å². The Labute approximate surface area is 151 Å². The average molecular weight is 347 g/mol. The van der Waals surface area contributed by atoms with Crippen LogP contribution < -0.4 is 15.8 Å². The molecule has 5 nitrogen and oxygen atoms in total. The van der Waals surface area contributed by atoms with Crippen LogP contribution in [0.5, 0.6) is 0 Å². The van der Waals surface area contributed by atoms with Gasteiger partial charge in [0, 0.05) is 32.2 Å². The molecule has 0 bridgehead atoms. The Morgan fingerprint density at radius 3 is 2.56 bits per heavy atom. The molecule has 0 spiro atoms. The number of rotatable bonds is 4. The van der Waals surface area contributed by atoms with Gasteiger partial charge in [0.2, 0.25) is 0 Å². The molecule has 2 heterocycles. The van der Waals surface area contributed by atoms with Crippen LogP contribution in [0.15, 0.2) is 17.1 Å². The van der Waals surface area contributed by atoms with Gasteiger partial charge in [-0.15, -0.1) is 0 Å². The van der Waals surface area contributed by atoms with Crippen LogP contribution in [0.3, 0.4) is 0 Å². The lowest BCUT2D eigenvalue weighted by Crippen LogP contribution is -2.45. The Hall–Kier alpha value is -1.36. The lowest BCUT2D eigenvalue weighted by molar-refractivity contribution is 0.0837. The second-order valence-corrected chi connectivity index (χ2v) is 9.79. The molecular formula is C20H34N4O. The van der Waals surface area contributed by atoms with E-state index in [1.807, 2.05) is 6.20 Å². The number of nitrogens with one attached hydrogen (secondary N) is 1. The Balaban J connectivity index is 1.53. The SMILES string of the molecule is Cn1ncc(N2CC[C@H](CNC3CC(C)(C)CC(C)(C)C3)C2)cc1=O. The zero-order valence-corrected chi connectivity index (χ0v) is 16.5. The number of hydrogen-bond donors (Lipinski definition) is 1. The van der Waals surface area contributed by atoms with E-state index in [0.717, 1.165) is 25.3 Å². The normalized spacial score (nSPS) is 26.1. The zero-order chi connectivity index (χ0) is 18.2. The molecule has 1 aromatic heterocycles. The number of nitrogens with zero attached hydrogens (tertiary/aromatic N) is 3. The summed E-state index contributed by atoms with van der Waals surface area (Å²) in [5.41, 5.74) is 1.78. The van der Waals surface area contributed by atoms with Gasteiger partial charge in [-0.1, -0.05) is 27.7 Å². The maximum Gasteiger partial charge on any atom is 0.268 e. The Kier molecular flexibility index (Phi) is 4.97. The number of aryl methyl sites for hydroxylation is 1. The van der Waals surface area contributed by atoms with Gasteiger partial charge in [-0.25, -0.2) is 4.68 Å². The van der Waals surface area contributed by atoms with Crippen LogP contribution in [0, 0.1) is 16.7 Å². The molecule has 25 heavy (non-hydrogen) atoms. The molecule has 2 aliphatic rings. The van der Waals surface area contributed by atoms with Gasteiger partial charge in [0.05, 0.1) is 11.9 Å². The second-order valence-electron chi connectivity index (χ2n) is 9.79. The molecule has 1 aliphatic heterocycles. The maximum absolute atomic E-state index is 11.8. The quantitative estimate of drug-likeness (QED) is 0.911. The van der Waals surface area contributed by atoms with E-state index in [9.17, 15) is 4.79 Å². The van der Waals surface area contributed by atoms with Crippen molar-refractivity contribution in [1.29, 1.82) is 0 Å². The molecule has 1 atom stereocenters. The fourth-order valence-corrected chi connectivity index (χ4v) is 5.19. The summed E-state index contributed by atoms with van der Waals surface area (Å²) in [6.07, 6.45) is 6.84. The van der Waals surface area contributed by atoms with Gasteiger partial charge in [-0.05, 0) is 49.0 Å². The lowest BCUT2D eigenvalue weighted by atomic mass is 9.63. The van der Waals surface area contributed by atoms with Gasteiger partial charge < -0.3 is 10.2 Å². The largest absolute Gasteiger partial charge is 0.370 e. The van der Waals surface area contributed by atoms with Crippen molar-refractivity contribution < 1.29 is 0 Å². The van der Waals surface area contributed by atoms with Crippen molar-refractivity contribution in [2.24, 2.45) is 23.8 Å². The third-order valence-corrected chi connectivity index (χ3v) is 5.85. The van der Waals surface area contributed by atoms with Crippen LogP contribution >= 0.6 is 0 Å². The van der Waals surface area contributed by atoms with Crippen molar-refractivity contribution in [2.45, 2.75) is 59.4 Å². The van der Waals surface area contributed by atoms with Gasteiger partial charge in [0.25, 0.3) is 5.56 Å². The Morgan fingerprint density at radius 1 is 1.24 bits per heavy atom. The molecule has 0 unspecified atom stereocenters. The van der Waals surface area contributed by atoms with E-state index in [1.54, 1.807) is 13.1 Å². The standard InChI is InChI=1S/C20H34N4O/c1-19(2)9-16(10-20(3,4)14-19)21-11-15-6-7-24(13-15)17-8-18(25)23(5)22-12-17/h8,12,15-16,21H,6-7,9-11,13-14H2,1-5H3/t15-/m1/s1. The summed E-state index contributed by atoms with van der Waals surface area (Å²) in [4.78, 5) is 14.1. The third kappa shape index (κ3) is 4.63. The van der Waals surface area contributed by atoms with E-state index >= 15 is 0 Å². The van der Waals surface area contributed by atoms with Crippen molar-refractivity contribution in [3.05, 3.63) is 22.6 Å². The average Bonchev–Trinajstić information content (AvgIpc) is 2.94. The molecule has 1 saturated heterocycles. The number of hydrogen-bond acceptors (Lipinski definition) is 4. The summed E-state index contributed by atoms with van der Waals surface area (Å²) in [6.45, 7) is 12.7. The van der Waals surface area contributed by atoms with Crippen LogP contribution in [-0.4, -0.2) is 35.5 Å². The van der Waals surface area contributed by atoms with E-state index < -0.39 is 0 Å². The van der Waals surface area contributed by atoms with Crippen molar-refractivity contribution in [2.75, 3.05) is 24.5 Å². The van der Waals surface area contributed by atoms with Crippen molar-refractivity contribution in [1.82, 2.24) is 15.1 Å². The smallest absolute Gasteiger partial charge is 0.268 e. The Bertz CT molecular complexity index is 648. The van der Waals surface area contributed by atoms with Gasteiger partial charge in [0.15, 0.2) is 0 Å². The van der Waals surface area contributed by atoms with Crippen molar-refractivity contribution >= 4 is 5.69 Å². The van der Waals surface area contributed by atoms with Gasteiger partial charge in [-0.2, -0.15) is 5.10 Å². The number of anilines is 1. The molecule has 2 fully saturated rings. The molecule has 0 radical (unpaired) electrons. The predicted octanol–water partition coefficient (Wildman–Crippen LogP) is 2.80. The third-order valence-electron chi connectivity index (χ3n) is 5.85. The van der Waals surface area contributed by atoms with Crippen LogP contribution in [0.2, 0.25) is 0 Å². The van der Waals surface area contributed by atoms with E-state index in [0.29, 0.717) is 22.8 Å². The maximum atomic E-state index is 11.8. The summed E-state index contributed by atoms with van der Waals surface area (Å²) in [7, 11) is 1.69. The summed E-state index contributed by atoms with van der Waals surface area (Å²) in [5, 5.41) is 8.01. The van der Waals surface area contributed by atoms with E-state index in [-0.39, 0.29) is 5.56 Å². The summed E-state index contributed by atoms with van der Waals surface area (Å²) in [5.74, 6) is 0.650. The van der Waals surface area contributed by atoms with Gasteiger partial charge in [-0.3, -0.25) is 4.79 Å². The molecule has 1 aliphatic carbocycles. The fraction of sp³-hybridized carbons (Fsp3) is 0.800. The first-order chi connectivity index (χ1) is 11.6. The molecular weight excluding hydrogens is 312 g/mol. The van der Waals surface area contributed by atoms with Gasteiger partial charge in [0.1, 0.15) is 0 Å². The second kappa shape index (κ2) is 6.75. The van der Waals surface area contributed by atoms with E-state index in [2.05, 4.69) is 43.0 Å². The first-order valence-electron chi connectivity index (χ1n) is 9.65. The van der Waals surface area contributed by atoms with Crippen LogP contribution in [0.4, 0.5) is 5.69 Å². The highest BCUT2D eigenvalue weighted by Crippen LogP contribution is 2.45. The molecule has 1 saturated carbocycles. The molecule has 1 aromatic rings. The van der Waals surface area contributed by atoms with Crippen molar-refractivity contribution in [3.63, 3.8) is 0 Å². The molecule has 1 N–H and O–H groups in total. The molecule has 0 amide bonds. The fourth-order valence-electron chi connectivity index (χ4n) is 5.19. The monoisotopic (exact) mass is 346 g/mol. The van der Waals surface area contributed by atoms with Crippen LogP contribution in [0.1, 0.15) is 53.4 Å².